The van der Waals surface area contributed by atoms with Crippen molar-refractivity contribution in [3.05, 3.63) is 60.2 Å². The molecule has 1 amide bonds. The minimum absolute atomic E-state index is 0.332. The van der Waals surface area contributed by atoms with E-state index in [1.165, 1.54) is 0 Å². The number of fused-ring (bicyclic) bond motifs is 1. The highest BCUT2D eigenvalue weighted by atomic mass is 16.5. The van der Waals surface area contributed by atoms with Crippen molar-refractivity contribution in [2.24, 2.45) is 0 Å². The van der Waals surface area contributed by atoms with Crippen LogP contribution in [0, 0.1) is 0 Å². The van der Waals surface area contributed by atoms with Gasteiger partial charge in [0.2, 0.25) is 0 Å². The Bertz CT molecular complexity index is 1000. The van der Waals surface area contributed by atoms with Crippen LogP contribution in [-0.2, 0) is 9.53 Å². The van der Waals surface area contributed by atoms with Gasteiger partial charge in [0.25, 0.3) is 5.91 Å². The summed E-state index contributed by atoms with van der Waals surface area (Å²) in [6, 6.07) is 16.6. The van der Waals surface area contributed by atoms with Crippen molar-refractivity contribution in [1.82, 2.24) is 10.3 Å². The van der Waals surface area contributed by atoms with Gasteiger partial charge in [0.1, 0.15) is 5.75 Å². The average Bonchev–Trinajstić information content (AvgIpc) is 2.73. The number of amides is 1. The first-order valence-corrected chi connectivity index (χ1v) is 9.06. The van der Waals surface area contributed by atoms with Crippen molar-refractivity contribution in [1.29, 1.82) is 0 Å². The second-order valence-corrected chi connectivity index (χ2v) is 6.25. The molecule has 0 fully saturated rings. The number of rotatable bonds is 6. The summed E-state index contributed by atoms with van der Waals surface area (Å²) in [7, 11) is 1.56. The number of pyridine rings is 1. The summed E-state index contributed by atoms with van der Waals surface area (Å²) in [6.07, 6.45) is -0.901. The molecule has 0 aliphatic carbocycles. The van der Waals surface area contributed by atoms with E-state index < -0.39 is 12.1 Å². The van der Waals surface area contributed by atoms with Crippen molar-refractivity contribution in [2.75, 3.05) is 13.7 Å². The fourth-order valence-corrected chi connectivity index (χ4v) is 2.85. The van der Waals surface area contributed by atoms with Crippen LogP contribution in [0.4, 0.5) is 0 Å². The first-order valence-electron chi connectivity index (χ1n) is 9.06. The molecule has 3 aromatic rings. The molecule has 1 atom stereocenters. The van der Waals surface area contributed by atoms with E-state index in [2.05, 4.69) is 10.3 Å². The summed E-state index contributed by atoms with van der Waals surface area (Å²) in [5.74, 6) is -0.320. The lowest BCUT2D eigenvalue weighted by Gasteiger charge is -2.15. The number of benzene rings is 2. The third-order valence-electron chi connectivity index (χ3n) is 4.31. The molecule has 1 heterocycles. The van der Waals surface area contributed by atoms with Crippen LogP contribution in [0.1, 0.15) is 24.2 Å². The molecular weight excluding hydrogens is 356 g/mol. The van der Waals surface area contributed by atoms with Gasteiger partial charge >= 0.3 is 5.97 Å². The van der Waals surface area contributed by atoms with Crippen LogP contribution in [0.2, 0.25) is 0 Å². The molecule has 6 nitrogen and oxygen atoms in total. The van der Waals surface area contributed by atoms with Gasteiger partial charge in [-0.25, -0.2) is 9.78 Å². The maximum absolute atomic E-state index is 12.9. The summed E-state index contributed by atoms with van der Waals surface area (Å²) in [5, 5.41) is 3.25. The molecule has 144 valence electrons. The van der Waals surface area contributed by atoms with Crippen molar-refractivity contribution in [2.45, 2.75) is 20.0 Å². The molecule has 28 heavy (non-hydrogen) atoms. The number of carbonyl (C=O) groups is 2. The van der Waals surface area contributed by atoms with Crippen LogP contribution < -0.4 is 10.1 Å². The lowest BCUT2D eigenvalue weighted by molar-refractivity contribution is -0.128. The predicted molar refractivity (Wildman–Crippen MR) is 107 cm³/mol. The number of carbonyl (C=O) groups excluding carboxylic acids is 2. The summed E-state index contributed by atoms with van der Waals surface area (Å²) in [4.78, 5) is 29.5. The topological polar surface area (TPSA) is 77.5 Å². The Balaban J connectivity index is 2.07. The molecule has 3 rings (SSSR count). The zero-order chi connectivity index (χ0) is 20.1. The minimum atomic E-state index is -0.901. The first kappa shape index (κ1) is 19.4. The summed E-state index contributed by atoms with van der Waals surface area (Å²) < 4.78 is 10.7. The second kappa shape index (κ2) is 8.52. The Morgan fingerprint density at radius 2 is 1.86 bits per heavy atom. The highest BCUT2D eigenvalue weighted by Crippen LogP contribution is 2.28. The molecule has 0 unspecified atom stereocenters. The summed E-state index contributed by atoms with van der Waals surface area (Å²) in [5.41, 5.74) is 2.50. The highest BCUT2D eigenvalue weighted by molar-refractivity contribution is 6.05. The van der Waals surface area contributed by atoms with E-state index in [1.54, 1.807) is 45.2 Å². The van der Waals surface area contributed by atoms with E-state index in [4.69, 9.17) is 9.47 Å². The van der Waals surface area contributed by atoms with Gasteiger partial charge in [0.05, 0.1) is 23.9 Å². The normalized spacial score (nSPS) is 11.7. The number of hydrogen-bond acceptors (Lipinski definition) is 5. The van der Waals surface area contributed by atoms with Crippen molar-refractivity contribution in [3.8, 4) is 17.0 Å². The molecule has 1 N–H and O–H groups in total. The predicted octanol–water partition coefficient (Wildman–Crippen LogP) is 3.59. The number of methoxy groups -OCH3 is 1. The Kier molecular flexibility index (Phi) is 5.89. The molecule has 0 spiro atoms. The highest BCUT2D eigenvalue weighted by Gasteiger charge is 2.21. The number of ether oxygens (including phenoxy) is 2. The molecule has 0 bridgehead atoms. The average molecular weight is 378 g/mol. The smallest absolute Gasteiger partial charge is 0.339 e. The number of likely N-dealkylation sites (N-methyl/N-ethyl adjacent to an activating group) is 1. The van der Waals surface area contributed by atoms with Crippen LogP contribution in [-0.4, -0.2) is 36.6 Å². The van der Waals surface area contributed by atoms with Gasteiger partial charge in [-0.15, -0.1) is 0 Å². The second-order valence-electron chi connectivity index (χ2n) is 6.25. The van der Waals surface area contributed by atoms with Gasteiger partial charge in [-0.05, 0) is 38.1 Å². The number of aromatic nitrogens is 1. The molecule has 0 aliphatic rings. The number of esters is 1. The Morgan fingerprint density at radius 3 is 2.54 bits per heavy atom. The van der Waals surface area contributed by atoms with Gasteiger partial charge in [-0.3, -0.25) is 4.79 Å². The zero-order valence-electron chi connectivity index (χ0n) is 16.1. The third-order valence-corrected chi connectivity index (χ3v) is 4.31. The van der Waals surface area contributed by atoms with Crippen LogP contribution in [0.15, 0.2) is 54.6 Å². The van der Waals surface area contributed by atoms with E-state index >= 15 is 0 Å². The minimum Gasteiger partial charge on any atom is -0.497 e. The van der Waals surface area contributed by atoms with Crippen LogP contribution in [0.3, 0.4) is 0 Å². The first-order chi connectivity index (χ1) is 13.5. The van der Waals surface area contributed by atoms with Crippen molar-refractivity contribution in [3.63, 3.8) is 0 Å². The molecule has 1 aromatic heterocycles. The molecule has 0 saturated carbocycles. The van der Waals surface area contributed by atoms with E-state index in [0.29, 0.717) is 34.5 Å². The number of nitrogens with one attached hydrogen (secondary N) is 1. The maximum Gasteiger partial charge on any atom is 0.339 e. The van der Waals surface area contributed by atoms with Crippen LogP contribution in [0.25, 0.3) is 22.2 Å². The Hall–Kier alpha value is -3.41. The van der Waals surface area contributed by atoms with E-state index in [-0.39, 0.29) is 5.91 Å². The van der Waals surface area contributed by atoms with E-state index in [1.807, 2.05) is 30.3 Å². The summed E-state index contributed by atoms with van der Waals surface area (Å²) >= 11 is 0. The van der Waals surface area contributed by atoms with Gasteiger partial charge in [0.15, 0.2) is 6.10 Å². The molecular formula is C22H22N2O4. The molecule has 0 saturated heterocycles. The molecule has 0 aliphatic heterocycles. The molecule has 2 aromatic carbocycles. The van der Waals surface area contributed by atoms with Gasteiger partial charge < -0.3 is 14.8 Å². The monoisotopic (exact) mass is 378 g/mol. The molecule has 0 radical (unpaired) electrons. The quantitative estimate of drug-likeness (QED) is 0.663. The van der Waals surface area contributed by atoms with Crippen LogP contribution >= 0.6 is 0 Å². The maximum atomic E-state index is 12.9. The lowest BCUT2D eigenvalue weighted by Crippen LogP contribution is -2.35. The van der Waals surface area contributed by atoms with Gasteiger partial charge in [-0.2, -0.15) is 0 Å². The number of nitrogens with zero attached hydrogens (tertiary/aromatic N) is 1. The van der Waals surface area contributed by atoms with Crippen molar-refractivity contribution >= 4 is 22.8 Å². The van der Waals surface area contributed by atoms with Crippen molar-refractivity contribution < 1.29 is 19.1 Å². The largest absolute Gasteiger partial charge is 0.497 e. The van der Waals surface area contributed by atoms with E-state index in [9.17, 15) is 9.59 Å². The molecule has 6 heteroatoms. The SMILES string of the molecule is CCNC(=O)[C@@H](C)OC(=O)c1cc(-c2ccccc2)nc2ccc(OC)cc12. The van der Waals surface area contributed by atoms with E-state index in [0.717, 1.165) is 5.56 Å². The fraction of sp³-hybridized carbons (Fsp3) is 0.227. The van der Waals surface area contributed by atoms with Gasteiger partial charge in [-0.1, -0.05) is 30.3 Å². The summed E-state index contributed by atoms with van der Waals surface area (Å²) in [6.45, 7) is 3.82. The van der Waals surface area contributed by atoms with Gasteiger partial charge in [0, 0.05) is 17.5 Å². The zero-order valence-corrected chi connectivity index (χ0v) is 16.1. The lowest BCUT2D eigenvalue weighted by atomic mass is 10.0. The third kappa shape index (κ3) is 4.11. The Morgan fingerprint density at radius 1 is 1.11 bits per heavy atom. The standard InChI is InChI=1S/C22H22N2O4/c1-4-23-21(25)14(2)28-22(26)18-13-20(15-8-6-5-7-9-15)24-19-11-10-16(27-3)12-17(18)19/h5-14H,4H2,1-3H3,(H,23,25)/t14-/m1/s1. The number of hydrogen-bond donors (Lipinski definition) is 1. The van der Waals surface area contributed by atoms with Crippen LogP contribution in [0.5, 0.6) is 5.75 Å². The Labute approximate surface area is 163 Å². The fourth-order valence-electron chi connectivity index (χ4n) is 2.85.